The molecule has 8 nitrogen and oxygen atoms in total. The Morgan fingerprint density at radius 2 is 2.06 bits per heavy atom. The average Bonchev–Trinajstić information content (AvgIpc) is 3.11. The summed E-state index contributed by atoms with van der Waals surface area (Å²) in [6.45, 7) is 4.45. The van der Waals surface area contributed by atoms with Crippen molar-refractivity contribution in [2.24, 2.45) is 5.73 Å². The Morgan fingerprint density at radius 3 is 2.77 bits per heavy atom. The molecule has 0 aliphatic carbocycles. The molecule has 0 bridgehead atoms. The molecule has 2 aromatic heterocycles. The lowest BCUT2D eigenvalue weighted by atomic mass is 10.2. The summed E-state index contributed by atoms with van der Waals surface area (Å²) < 4.78 is 12.3. The number of primary amides is 1. The molecule has 0 spiro atoms. The van der Waals surface area contributed by atoms with Gasteiger partial charge in [0.15, 0.2) is 16.6 Å². The second-order valence-electron chi connectivity index (χ2n) is 6.35. The van der Waals surface area contributed by atoms with Gasteiger partial charge in [-0.05, 0) is 38.1 Å². The van der Waals surface area contributed by atoms with Crippen molar-refractivity contribution in [1.29, 1.82) is 0 Å². The first kappa shape index (κ1) is 22.6. The van der Waals surface area contributed by atoms with Crippen molar-refractivity contribution in [3.8, 4) is 11.5 Å². The molecular formula is C21H22N4O4S2. The number of aromatic nitrogens is 2. The van der Waals surface area contributed by atoms with E-state index in [9.17, 15) is 9.59 Å². The smallest absolute Gasteiger partial charge is 0.257 e. The third-order valence-corrected chi connectivity index (χ3v) is 6.40. The van der Waals surface area contributed by atoms with Crippen molar-refractivity contribution >= 4 is 40.0 Å². The fraction of sp³-hybridized carbons (Fsp3) is 0.238. The van der Waals surface area contributed by atoms with E-state index in [-0.39, 0.29) is 11.7 Å². The lowest BCUT2D eigenvalue weighted by Gasteiger charge is -2.13. The Labute approximate surface area is 188 Å². The van der Waals surface area contributed by atoms with Crippen LogP contribution in [0.25, 0.3) is 0 Å². The zero-order chi connectivity index (χ0) is 22.2. The number of benzene rings is 1. The molecule has 0 aliphatic rings. The third-order valence-electron chi connectivity index (χ3n) is 3.94. The molecule has 1 aromatic carbocycles. The van der Waals surface area contributed by atoms with Crippen LogP contribution in [0.3, 0.4) is 0 Å². The number of anilines is 1. The number of hydrogen-bond donors (Lipinski definition) is 2. The molecule has 0 radical (unpaired) electrons. The first-order chi connectivity index (χ1) is 15.0. The van der Waals surface area contributed by atoms with E-state index in [0.29, 0.717) is 35.4 Å². The Morgan fingerprint density at radius 1 is 1.23 bits per heavy atom. The largest absolute Gasteiger partial charge is 0.490 e. The quantitative estimate of drug-likeness (QED) is 0.445. The van der Waals surface area contributed by atoms with Crippen LogP contribution in [0.15, 0.2) is 46.9 Å². The average molecular weight is 459 g/mol. The highest BCUT2D eigenvalue weighted by molar-refractivity contribution is 8.01. The van der Waals surface area contributed by atoms with Gasteiger partial charge >= 0.3 is 0 Å². The number of nitrogens with two attached hydrogens (primary N) is 1. The Kier molecular flexibility index (Phi) is 7.85. The fourth-order valence-corrected chi connectivity index (χ4v) is 4.43. The molecule has 0 fully saturated rings. The third kappa shape index (κ3) is 6.43. The summed E-state index contributed by atoms with van der Waals surface area (Å²) in [5.41, 5.74) is 7.27. The fourth-order valence-electron chi connectivity index (χ4n) is 2.56. The molecule has 2 heterocycles. The number of aryl methyl sites for hydroxylation is 1. The summed E-state index contributed by atoms with van der Waals surface area (Å²) in [5.74, 6) is 0.455. The number of hydrogen-bond acceptors (Lipinski definition) is 8. The standard InChI is InChI=1S/C21H22N4O4S2/c1-3-28-17-9-15(6-7-16(17)29-11-14-5-4-8-23-10-14)19(27)25-21-24-13(2)20(31-21)30-12-18(22)26/h4-10H,3,11-12H2,1-2H3,(H2,22,26)(H,24,25,27). The second kappa shape index (κ2) is 10.8. The molecule has 31 heavy (non-hydrogen) atoms. The van der Waals surface area contributed by atoms with E-state index in [1.807, 2.05) is 26.0 Å². The van der Waals surface area contributed by atoms with Gasteiger partial charge in [0, 0.05) is 23.5 Å². The molecule has 162 valence electrons. The summed E-state index contributed by atoms with van der Waals surface area (Å²) in [7, 11) is 0. The van der Waals surface area contributed by atoms with Gasteiger partial charge < -0.3 is 15.2 Å². The van der Waals surface area contributed by atoms with E-state index < -0.39 is 5.91 Å². The maximum absolute atomic E-state index is 12.7. The van der Waals surface area contributed by atoms with Crippen LogP contribution in [-0.4, -0.2) is 34.1 Å². The number of carbonyl (C=O) groups excluding carboxylic acids is 2. The van der Waals surface area contributed by atoms with Gasteiger partial charge in [-0.25, -0.2) is 4.98 Å². The van der Waals surface area contributed by atoms with Crippen LogP contribution in [-0.2, 0) is 11.4 Å². The van der Waals surface area contributed by atoms with Gasteiger partial charge in [0.1, 0.15) is 6.61 Å². The first-order valence-corrected chi connectivity index (χ1v) is 11.2. The Balaban J connectivity index is 1.70. The van der Waals surface area contributed by atoms with E-state index in [4.69, 9.17) is 15.2 Å². The van der Waals surface area contributed by atoms with Crippen LogP contribution in [0.4, 0.5) is 5.13 Å². The molecule has 3 N–H and O–H groups in total. The van der Waals surface area contributed by atoms with E-state index in [1.165, 1.54) is 23.1 Å². The number of nitrogens with one attached hydrogen (secondary N) is 1. The monoisotopic (exact) mass is 458 g/mol. The van der Waals surface area contributed by atoms with E-state index in [2.05, 4.69) is 15.3 Å². The highest BCUT2D eigenvalue weighted by Gasteiger charge is 2.15. The summed E-state index contributed by atoms with van der Waals surface area (Å²) in [6.07, 6.45) is 3.43. The van der Waals surface area contributed by atoms with Crippen molar-refractivity contribution in [2.75, 3.05) is 17.7 Å². The normalized spacial score (nSPS) is 10.5. The molecule has 0 aliphatic heterocycles. The van der Waals surface area contributed by atoms with Crippen molar-refractivity contribution in [3.63, 3.8) is 0 Å². The molecule has 0 atom stereocenters. The van der Waals surface area contributed by atoms with E-state index >= 15 is 0 Å². The molecule has 2 amide bonds. The summed E-state index contributed by atoms with van der Waals surface area (Å²) in [5, 5.41) is 3.24. The SMILES string of the molecule is CCOc1cc(C(=O)Nc2nc(C)c(SCC(N)=O)s2)ccc1OCc1cccnc1. The maximum Gasteiger partial charge on any atom is 0.257 e. The predicted octanol–water partition coefficient (Wildman–Crippen LogP) is 3.65. The molecule has 0 unspecified atom stereocenters. The number of pyridine rings is 1. The number of amides is 2. The lowest BCUT2D eigenvalue weighted by Crippen LogP contribution is -2.12. The lowest BCUT2D eigenvalue weighted by molar-refractivity contribution is -0.115. The second-order valence-corrected chi connectivity index (χ2v) is 8.59. The van der Waals surface area contributed by atoms with Crippen molar-refractivity contribution in [2.45, 2.75) is 24.7 Å². The molecular weight excluding hydrogens is 436 g/mol. The number of rotatable bonds is 10. The molecule has 10 heteroatoms. The summed E-state index contributed by atoms with van der Waals surface area (Å²) in [4.78, 5) is 32.1. The minimum atomic E-state index is -0.405. The maximum atomic E-state index is 12.7. The van der Waals surface area contributed by atoms with Gasteiger partial charge in [0.25, 0.3) is 5.91 Å². The summed E-state index contributed by atoms with van der Waals surface area (Å²) in [6, 6.07) is 8.77. The minimum Gasteiger partial charge on any atom is -0.490 e. The van der Waals surface area contributed by atoms with Gasteiger partial charge in [-0.15, -0.1) is 11.8 Å². The van der Waals surface area contributed by atoms with E-state index in [1.54, 1.807) is 30.6 Å². The molecule has 3 rings (SSSR count). The van der Waals surface area contributed by atoms with Crippen LogP contribution in [0.2, 0.25) is 0 Å². The highest BCUT2D eigenvalue weighted by Crippen LogP contribution is 2.33. The molecule has 0 saturated carbocycles. The minimum absolute atomic E-state index is 0.161. The van der Waals surface area contributed by atoms with Gasteiger partial charge in [-0.2, -0.15) is 0 Å². The summed E-state index contributed by atoms with van der Waals surface area (Å²) >= 11 is 2.60. The van der Waals surface area contributed by atoms with Crippen LogP contribution in [0, 0.1) is 6.92 Å². The van der Waals surface area contributed by atoms with Crippen LogP contribution < -0.4 is 20.5 Å². The van der Waals surface area contributed by atoms with Gasteiger partial charge in [-0.3, -0.25) is 19.9 Å². The number of nitrogens with zero attached hydrogens (tertiary/aromatic N) is 2. The Hall–Kier alpha value is -3.11. The molecule has 3 aromatic rings. The van der Waals surface area contributed by atoms with Crippen LogP contribution in [0.1, 0.15) is 28.5 Å². The zero-order valence-electron chi connectivity index (χ0n) is 17.1. The van der Waals surface area contributed by atoms with Crippen molar-refractivity contribution < 1.29 is 19.1 Å². The first-order valence-electron chi connectivity index (χ1n) is 9.44. The highest BCUT2D eigenvalue weighted by atomic mass is 32.2. The number of thiazole rings is 1. The molecule has 0 saturated heterocycles. The predicted molar refractivity (Wildman–Crippen MR) is 121 cm³/mol. The van der Waals surface area contributed by atoms with Gasteiger partial charge in [-0.1, -0.05) is 17.4 Å². The number of carbonyl (C=O) groups is 2. The number of ether oxygens (including phenoxy) is 2. The van der Waals surface area contributed by atoms with Crippen molar-refractivity contribution in [1.82, 2.24) is 9.97 Å². The topological polar surface area (TPSA) is 116 Å². The zero-order valence-corrected chi connectivity index (χ0v) is 18.7. The van der Waals surface area contributed by atoms with Gasteiger partial charge in [0.05, 0.1) is 22.3 Å². The van der Waals surface area contributed by atoms with Gasteiger partial charge in [0.2, 0.25) is 5.91 Å². The Bertz CT molecular complexity index is 1060. The van der Waals surface area contributed by atoms with Crippen LogP contribution >= 0.6 is 23.1 Å². The van der Waals surface area contributed by atoms with Crippen molar-refractivity contribution in [3.05, 3.63) is 59.5 Å². The number of thioether (sulfide) groups is 1. The van der Waals surface area contributed by atoms with E-state index in [0.717, 1.165) is 15.5 Å². The van der Waals surface area contributed by atoms with Crippen LogP contribution in [0.5, 0.6) is 11.5 Å².